The van der Waals surface area contributed by atoms with Crippen LogP contribution in [0.4, 0.5) is 0 Å². The minimum Gasteiger partial charge on any atom is -0.390 e. The van der Waals surface area contributed by atoms with Crippen LogP contribution in [0.2, 0.25) is 0 Å². The summed E-state index contributed by atoms with van der Waals surface area (Å²) >= 11 is 0. The van der Waals surface area contributed by atoms with Gasteiger partial charge in [-0.15, -0.1) is 0 Å². The number of aliphatic hydroxyl groups excluding tert-OH is 1. The molecule has 0 aromatic rings. The molecule has 3 nitrogen and oxygen atoms in total. The third-order valence-electron chi connectivity index (χ3n) is 2.03. The first kappa shape index (κ1) is 8.97. The minimum absolute atomic E-state index is 0.0336. The van der Waals surface area contributed by atoms with E-state index in [0.29, 0.717) is 5.92 Å². The van der Waals surface area contributed by atoms with E-state index in [1.54, 1.807) is 0 Å². The van der Waals surface area contributed by atoms with Crippen LogP contribution in [0.3, 0.4) is 0 Å². The zero-order valence-electron chi connectivity index (χ0n) is 7.33. The molecule has 0 spiro atoms. The largest absolute Gasteiger partial charge is 0.390 e. The van der Waals surface area contributed by atoms with E-state index >= 15 is 0 Å². The highest BCUT2D eigenvalue weighted by atomic mass is 16.3. The quantitative estimate of drug-likeness (QED) is 0.577. The fraction of sp³-hybridized carbons (Fsp3) is 1.00. The Hall–Kier alpha value is -0.120. The van der Waals surface area contributed by atoms with Crippen molar-refractivity contribution < 1.29 is 5.11 Å². The zero-order valence-corrected chi connectivity index (χ0v) is 7.33. The first-order chi connectivity index (χ1) is 5.09. The van der Waals surface area contributed by atoms with Gasteiger partial charge in [0.2, 0.25) is 0 Å². The highest BCUT2D eigenvalue weighted by Gasteiger charge is 2.27. The van der Waals surface area contributed by atoms with Crippen molar-refractivity contribution in [3.63, 3.8) is 0 Å². The van der Waals surface area contributed by atoms with Crippen LogP contribution < -0.4 is 5.73 Å². The van der Waals surface area contributed by atoms with Gasteiger partial charge in [-0.05, 0) is 5.92 Å². The van der Waals surface area contributed by atoms with Crippen LogP contribution in [0, 0.1) is 5.92 Å². The third-order valence-corrected chi connectivity index (χ3v) is 2.03. The molecule has 1 rings (SSSR count). The molecule has 0 aromatic carbocycles. The van der Waals surface area contributed by atoms with E-state index in [9.17, 15) is 5.11 Å². The molecule has 0 bridgehead atoms. The van der Waals surface area contributed by atoms with E-state index < -0.39 is 0 Å². The number of nitrogens with two attached hydrogens (primary N) is 1. The average Bonchev–Trinajstić information content (AvgIpc) is 2.10. The number of β-amino-alcohol motifs (C(OH)–C–C–N with tert-alkyl or cyclic N) is 1. The number of likely N-dealkylation sites (tertiary alicyclic amines) is 1. The summed E-state index contributed by atoms with van der Waals surface area (Å²) in [6.07, 6.45) is -0.311. The van der Waals surface area contributed by atoms with Gasteiger partial charge in [-0.25, -0.2) is 0 Å². The lowest BCUT2D eigenvalue weighted by atomic mass is 10.2. The molecule has 11 heavy (non-hydrogen) atoms. The van der Waals surface area contributed by atoms with E-state index in [1.807, 2.05) is 0 Å². The van der Waals surface area contributed by atoms with Gasteiger partial charge in [0.05, 0.1) is 6.10 Å². The van der Waals surface area contributed by atoms with Gasteiger partial charge in [-0.1, -0.05) is 13.8 Å². The molecule has 1 heterocycles. The van der Waals surface area contributed by atoms with Crippen LogP contribution in [-0.4, -0.2) is 41.8 Å². The Morgan fingerprint density at radius 2 is 2.18 bits per heavy atom. The van der Waals surface area contributed by atoms with Crippen LogP contribution in [0.1, 0.15) is 13.8 Å². The summed E-state index contributed by atoms with van der Waals surface area (Å²) < 4.78 is 0. The van der Waals surface area contributed by atoms with Crippen LogP contribution >= 0.6 is 0 Å². The number of nitrogens with zero attached hydrogens (tertiary/aromatic N) is 1. The van der Waals surface area contributed by atoms with Crippen molar-refractivity contribution in [1.29, 1.82) is 0 Å². The summed E-state index contributed by atoms with van der Waals surface area (Å²) in [6, 6.07) is -0.0336. The molecular weight excluding hydrogens is 140 g/mol. The van der Waals surface area contributed by atoms with Crippen LogP contribution in [-0.2, 0) is 0 Å². The van der Waals surface area contributed by atoms with Crippen molar-refractivity contribution in [1.82, 2.24) is 4.90 Å². The van der Waals surface area contributed by atoms with Gasteiger partial charge < -0.3 is 10.8 Å². The Morgan fingerprint density at radius 3 is 2.55 bits per heavy atom. The lowest BCUT2D eigenvalue weighted by molar-refractivity contribution is 0.162. The second kappa shape index (κ2) is 3.52. The summed E-state index contributed by atoms with van der Waals surface area (Å²) in [5.41, 5.74) is 5.65. The maximum atomic E-state index is 9.31. The summed E-state index contributed by atoms with van der Waals surface area (Å²) in [4.78, 5) is 2.22. The third kappa shape index (κ3) is 2.43. The Kier molecular flexibility index (Phi) is 2.87. The standard InChI is InChI=1S/C8H18N2O/c1-6(2)3-10-4-7(9)8(11)5-10/h6-8,11H,3-5,9H2,1-2H3/t7-,8-/m0/s1. The Bertz CT molecular complexity index is 115. The molecule has 0 unspecified atom stereocenters. The molecule has 0 aliphatic carbocycles. The Morgan fingerprint density at radius 1 is 1.55 bits per heavy atom. The monoisotopic (exact) mass is 158 g/mol. The van der Waals surface area contributed by atoms with Crippen molar-refractivity contribution in [3.8, 4) is 0 Å². The van der Waals surface area contributed by atoms with Crippen molar-refractivity contribution in [3.05, 3.63) is 0 Å². The highest BCUT2D eigenvalue weighted by Crippen LogP contribution is 2.09. The van der Waals surface area contributed by atoms with E-state index in [2.05, 4.69) is 18.7 Å². The van der Waals surface area contributed by atoms with Crippen molar-refractivity contribution >= 4 is 0 Å². The van der Waals surface area contributed by atoms with Crippen LogP contribution in [0.15, 0.2) is 0 Å². The number of rotatable bonds is 2. The normalized spacial score (nSPS) is 33.5. The smallest absolute Gasteiger partial charge is 0.0830 e. The molecule has 3 heteroatoms. The summed E-state index contributed by atoms with van der Waals surface area (Å²) in [6.45, 7) is 7.00. The number of hydrogen-bond donors (Lipinski definition) is 2. The molecule has 66 valence electrons. The first-order valence-electron chi connectivity index (χ1n) is 4.25. The molecule has 0 amide bonds. The summed E-state index contributed by atoms with van der Waals surface area (Å²) in [7, 11) is 0. The molecule has 0 radical (unpaired) electrons. The van der Waals surface area contributed by atoms with Gasteiger partial charge >= 0.3 is 0 Å². The predicted molar refractivity (Wildman–Crippen MR) is 45.3 cm³/mol. The summed E-state index contributed by atoms with van der Waals surface area (Å²) in [5, 5.41) is 9.31. The van der Waals surface area contributed by atoms with Crippen molar-refractivity contribution in [2.45, 2.75) is 26.0 Å². The summed E-state index contributed by atoms with van der Waals surface area (Å²) in [5.74, 6) is 0.660. The van der Waals surface area contributed by atoms with E-state index in [1.165, 1.54) is 0 Å². The highest BCUT2D eigenvalue weighted by molar-refractivity contribution is 4.86. The molecule has 0 saturated carbocycles. The first-order valence-corrected chi connectivity index (χ1v) is 4.25. The van der Waals surface area contributed by atoms with Crippen molar-refractivity contribution in [2.24, 2.45) is 11.7 Å². The van der Waals surface area contributed by atoms with E-state index in [-0.39, 0.29) is 12.1 Å². The molecule has 1 fully saturated rings. The van der Waals surface area contributed by atoms with E-state index in [0.717, 1.165) is 19.6 Å². The van der Waals surface area contributed by atoms with Crippen molar-refractivity contribution in [2.75, 3.05) is 19.6 Å². The maximum absolute atomic E-state index is 9.31. The molecule has 0 aromatic heterocycles. The van der Waals surface area contributed by atoms with Gasteiger partial charge in [0, 0.05) is 25.7 Å². The van der Waals surface area contributed by atoms with Gasteiger partial charge in [0.1, 0.15) is 0 Å². The number of aliphatic hydroxyl groups is 1. The lowest BCUT2D eigenvalue weighted by Gasteiger charge is -2.16. The second-order valence-corrected chi connectivity index (χ2v) is 3.84. The molecule has 3 N–H and O–H groups in total. The molecular formula is C8H18N2O. The predicted octanol–water partition coefficient (Wildman–Crippen LogP) is -0.354. The SMILES string of the molecule is CC(C)CN1C[C@H](N)[C@@H](O)C1. The minimum atomic E-state index is -0.311. The Labute approximate surface area is 68.2 Å². The van der Waals surface area contributed by atoms with E-state index in [4.69, 9.17) is 5.73 Å². The zero-order chi connectivity index (χ0) is 8.43. The average molecular weight is 158 g/mol. The van der Waals surface area contributed by atoms with Gasteiger partial charge in [-0.3, -0.25) is 4.90 Å². The lowest BCUT2D eigenvalue weighted by Crippen LogP contribution is -2.33. The topological polar surface area (TPSA) is 49.5 Å². The van der Waals surface area contributed by atoms with Gasteiger partial charge in [0.25, 0.3) is 0 Å². The number of hydrogen-bond acceptors (Lipinski definition) is 3. The fourth-order valence-electron chi connectivity index (χ4n) is 1.56. The van der Waals surface area contributed by atoms with Gasteiger partial charge in [-0.2, -0.15) is 0 Å². The second-order valence-electron chi connectivity index (χ2n) is 3.84. The Balaban J connectivity index is 2.29. The molecule has 1 aliphatic rings. The van der Waals surface area contributed by atoms with Crippen LogP contribution in [0.25, 0.3) is 0 Å². The maximum Gasteiger partial charge on any atom is 0.0830 e. The molecule has 1 saturated heterocycles. The van der Waals surface area contributed by atoms with Crippen LogP contribution in [0.5, 0.6) is 0 Å². The fourth-order valence-corrected chi connectivity index (χ4v) is 1.56. The van der Waals surface area contributed by atoms with Gasteiger partial charge in [0.15, 0.2) is 0 Å². The molecule has 1 aliphatic heterocycles. The molecule has 2 atom stereocenters.